The van der Waals surface area contributed by atoms with Crippen molar-refractivity contribution in [2.45, 2.75) is 13.0 Å². The minimum Gasteiger partial charge on any atom is -0.448 e. The Morgan fingerprint density at radius 3 is 2.50 bits per heavy atom. The van der Waals surface area contributed by atoms with E-state index in [4.69, 9.17) is 16.0 Å². The van der Waals surface area contributed by atoms with Gasteiger partial charge in [-0.2, -0.15) is 0 Å². The lowest BCUT2D eigenvalue weighted by molar-refractivity contribution is 0.451. The van der Waals surface area contributed by atoms with Crippen LogP contribution in [0.4, 0.5) is 8.78 Å². The summed E-state index contributed by atoms with van der Waals surface area (Å²) in [7, 11) is 1.64. The number of rotatable bonds is 3. The first-order chi connectivity index (χ1) is 8.52. The van der Waals surface area contributed by atoms with E-state index in [0.717, 1.165) is 0 Å². The number of halogens is 3. The van der Waals surface area contributed by atoms with Crippen LogP contribution in [-0.2, 0) is 0 Å². The fraction of sp³-hybridized carbons (Fsp3) is 0.231. The van der Waals surface area contributed by atoms with Gasteiger partial charge < -0.3 is 9.73 Å². The molecule has 0 aliphatic heterocycles. The van der Waals surface area contributed by atoms with Crippen LogP contribution in [-0.4, -0.2) is 7.05 Å². The first kappa shape index (κ1) is 13.1. The normalized spacial score (nSPS) is 12.7. The lowest BCUT2D eigenvalue weighted by atomic mass is 10.0. The predicted molar refractivity (Wildman–Crippen MR) is 65.7 cm³/mol. The van der Waals surface area contributed by atoms with Crippen molar-refractivity contribution in [2.75, 3.05) is 7.05 Å². The van der Waals surface area contributed by atoms with Gasteiger partial charge in [-0.3, -0.25) is 0 Å². The molecular formula is C13H12ClF2NO. The van der Waals surface area contributed by atoms with Crippen LogP contribution in [0.5, 0.6) is 0 Å². The highest BCUT2D eigenvalue weighted by Gasteiger charge is 2.21. The number of hydrogen-bond donors (Lipinski definition) is 1. The van der Waals surface area contributed by atoms with E-state index in [1.54, 1.807) is 19.2 Å². The Bertz CT molecular complexity index is 568. The molecule has 0 saturated heterocycles. The number of benzene rings is 1. The SMILES string of the molecule is CNC(c1ccc(Cl)o1)c1cc(F)c(C)cc1F. The zero-order valence-electron chi connectivity index (χ0n) is 9.93. The molecule has 0 aliphatic carbocycles. The van der Waals surface area contributed by atoms with E-state index in [0.29, 0.717) is 5.76 Å². The zero-order valence-corrected chi connectivity index (χ0v) is 10.7. The number of furan rings is 1. The minimum atomic E-state index is -0.576. The van der Waals surface area contributed by atoms with Crippen molar-refractivity contribution in [2.24, 2.45) is 0 Å². The molecule has 1 atom stereocenters. The molecule has 2 nitrogen and oxygen atoms in total. The molecule has 0 bridgehead atoms. The molecule has 1 aromatic carbocycles. The van der Waals surface area contributed by atoms with Crippen LogP contribution in [0.1, 0.15) is 22.9 Å². The molecule has 0 saturated carbocycles. The molecule has 2 rings (SSSR count). The van der Waals surface area contributed by atoms with E-state index < -0.39 is 17.7 Å². The molecule has 1 unspecified atom stereocenters. The Balaban J connectivity index is 2.48. The van der Waals surface area contributed by atoms with Crippen molar-refractivity contribution < 1.29 is 13.2 Å². The molecule has 96 valence electrons. The van der Waals surface area contributed by atoms with Crippen LogP contribution >= 0.6 is 11.6 Å². The lowest BCUT2D eigenvalue weighted by Crippen LogP contribution is -2.18. The highest BCUT2D eigenvalue weighted by atomic mass is 35.5. The monoisotopic (exact) mass is 271 g/mol. The van der Waals surface area contributed by atoms with E-state index in [2.05, 4.69) is 5.32 Å². The Labute approximate surface area is 109 Å². The predicted octanol–water partition coefficient (Wildman–Crippen LogP) is 3.83. The van der Waals surface area contributed by atoms with Gasteiger partial charge >= 0.3 is 0 Å². The van der Waals surface area contributed by atoms with E-state index in [1.165, 1.54) is 19.1 Å². The Kier molecular flexibility index (Phi) is 3.68. The van der Waals surface area contributed by atoms with Crippen LogP contribution in [0.25, 0.3) is 0 Å². The van der Waals surface area contributed by atoms with Gasteiger partial charge in [0.1, 0.15) is 17.4 Å². The van der Waals surface area contributed by atoms with Crippen molar-refractivity contribution in [1.82, 2.24) is 5.32 Å². The fourth-order valence-electron chi connectivity index (χ4n) is 1.82. The fourth-order valence-corrected chi connectivity index (χ4v) is 1.97. The average Bonchev–Trinajstić information content (AvgIpc) is 2.73. The first-order valence-electron chi connectivity index (χ1n) is 5.41. The maximum absolute atomic E-state index is 13.9. The molecule has 0 radical (unpaired) electrons. The Hall–Kier alpha value is -1.39. The van der Waals surface area contributed by atoms with E-state index in [9.17, 15) is 8.78 Å². The van der Waals surface area contributed by atoms with Crippen molar-refractivity contribution in [3.05, 3.63) is 58.0 Å². The van der Waals surface area contributed by atoms with Crippen molar-refractivity contribution in [3.8, 4) is 0 Å². The van der Waals surface area contributed by atoms with Crippen molar-refractivity contribution >= 4 is 11.6 Å². The van der Waals surface area contributed by atoms with Gasteiger partial charge in [-0.1, -0.05) is 0 Å². The highest BCUT2D eigenvalue weighted by molar-refractivity contribution is 6.28. The molecule has 5 heteroatoms. The summed E-state index contributed by atoms with van der Waals surface area (Å²) in [6, 6.07) is 4.94. The largest absolute Gasteiger partial charge is 0.448 e. The van der Waals surface area contributed by atoms with E-state index in [1.807, 2.05) is 0 Å². The van der Waals surface area contributed by atoms with Gasteiger partial charge in [-0.25, -0.2) is 8.78 Å². The summed E-state index contributed by atoms with van der Waals surface area (Å²) in [5, 5.41) is 3.08. The lowest BCUT2D eigenvalue weighted by Gasteiger charge is -2.15. The maximum atomic E-state index is 13.9. The van der Waals surface area contributed by atoms with Crippen LogP contribution in [0.2, 0.25) is 5.22 Å². The number of aryl methyl sites for hydroxylation is 1. The molecule has 1 aromatic heterocycles. The summed E-state index contributed by atoms with van der Waals surface area (Å²) in [5.41, 5.74) is 0.454. The molecule has 1 N–H and O–H groups in total. The van der Waals surface area contributed by atoms with E-state index >= 15 is 0 Å². The van der Waals surface area contributed by atoms with E-state index in [-0.39, 0.29) is 16.3 Å². The summed E-state index contributed by atoms with van der Waals surface area (Å²) in [6.07, 6.45) is 0. The molecular weight excluding hydrogens is 260 g/mol. The third kappa shape index (κ3) is 2.40. The summed E-state index contributed by atoms with van der Waals surface area (Å²) in [6.45, 7) is 1.51. The molecule has 0 spiro atoms. The van der Waals surface area contributed by atoms with Gasteiger partial charge in [0.2, 0.25) is 0 Å². The summed E-state index contributed by atoms with van der Waals surface area (Å²) >= 11 is 5.68. The summed E-state index contributed by atoms with van der Waals surface area (Å²) < 4.78 is 32.6. The Morgan fingerprint density at radius 2 is 1.94 bits per heavy atom. The first-order valence-corrected chi connectivity index (χ1v) is 5.78. The highest BCUT2D eigenvalue weighted by Crippen LogP contribution is 2.28. The quantitative estimate of drug-likeness (QED) is 0.918. The van der Waals surface area contributed by atoms with Crippen LogP contribution < -0.4 is 5.32 Å². The molecule has 2 aromatic rings. The second-order valence-corrected chi connectivity index (χ2v) is 4.36. The third-order valence-electron chi connectivity index (χ3n) is 2.76. The second-order valence-electron chi connectivity index (χ2n) is 3.99. The third-order valence-corrected chi connectivity index (χ3v) is 2.96. The van der Waals surface area contributed by atoms with Crippen molar-refractivity contribution in [3.63, 3.8) is 0 Å². The van der Waals surface area contributed by atoms with Gasteiger partial charge in [-0.15, -0.1) is 0 Å². The van der Waals surface area contributed by atoms with Crippen molar-refractivity contribution in [1.29, 1.82) is 0 Å². The van der Waals surface area contributed by atoms with Crippen LogP contribution in [0.15, 0.2) is 28.7 Å². The van der Waals surface area contributed by atoms with Crippen LogP contribution in [0.3, 0.4) is 0 Å². The molecule has 0 fully saturated rings. The summed E-state index contributed by atoms with van der Waals surface area (Å²) in [5.74, 6) is -0.505. The van der Waals surface area contributed by atoms with Gasteiger partial charge in [0, 0.05) is 5.56 Å². The smallest absolute Gasteiger partial charge is 0.193 e. The number of nitrogens with one attached hydrogen (secondary N) is 1. The maximum Gasteiger partial charge on any atom is 0.193 e. The average molecular weight is 272 g/mol. The summed E-state index contributed by atoms with van der Waals surface area (Å²) in [4.78, 5) is 0. The number of hydrogen-bond acceptors (Lipinski definition) is 2. The molecule has 0 aliphatic rings. The Morgan fingerprint density at radius 1 is 1.22 bits per heavy atom. The molecule has 18 heavy (non-hydrogen) atoms. The van der Waals surface area contributed by atoms with Gasteiger partial charge in [-0.05, 0) is 55.4 Å². The van der Waals surface area contributed by atoms with Gasteiger partial charge in [0.05, 0.1) is 6.04 Å². The standard InChI is InChI=1S/C13H12ClF2NO/c1-7-5-10(16)8(6-9(7)15)13(17-2)11-3-4-12(14)18-11/h3-6,13,17H,1-2H3. The second kappa shape index (κ2) is 5.08. The minimum absolute atomic E-state index is 0.187. The van der Waals surface area contributed by atoms with Crippen LogP contribution in [0, 0.1) is 18.6 Å². The topological polar surface area (TPSA) is 25.2 Å². The molecule has 1 heterocycles. The van der Waals surface area contributed by atoms with Gasteiger partial charge in [0.15, 0.2) is 5.22 Å². The van der Waals surface area contributed by atoms with Gasteiger partial charge in [0.25, 0.3) is 0 Å². The molecule has 0 amide bonds. The zero-order chi connectivity index (χ0) is 13.3.